The molecule has 2 aromatic rings. The molecule has 0 radical (unpaired) electrons. The number of carbonyl (C=O) groups excluding carboxylic acids is 2. The van der Waals surface area contributed by atoms with Gasteiger partial charge in [0, 0.05) is 13.1 Å². The van der Waals surface area contributed by atoms with E-state index in [2.05, 4.69) is 15.0 Å². The summed E-state index contributed by atoms with van der Waals surface area (Å²) in [5, 5.41) is 2.79. The molecule has 1 saturated heterocycles. The number of halogens is 1. The molecule has 0 spiro atoms. The average molecular weight is 449 g/mol. The topological polar surface area (TPSA) is 108 Å². The number of carbonyl (C=O) groups is 2. The molecule has 3 rings (SSSR count). The molecule has 1 unspecified atom stereocenters. The van der Waals surface area contributed by atoms with Crippen LogP contribution in [0.3, 0.4) is 0 Å². The summed E-state index contributed by atoms with van der Waals surface area (Å²) in [6.45, 7) is 2.22. The number of aryl methyl sites for hydroxylation is 1. The molecule has 8 nitrogen and oxygen atoms in total. The number of benzene rings is 1. The van der Waals surface area contributed by atoms with Crippen LogP contribution in [0, 0.1) is 12.7 Å². The van der Waals surface area contributed by atoms with Crippen molar-refractivity contribution in [2.75, 3.05) is 19.3 Å². The Morgan fingerprint density at radius 3 is 2.55 bits per heavy atom. The highest BCUT2D eigenvalue weighted by molar-refractivity contribution is 7.88. The molecular formula is C21H25FN4O4S. The van der Waals surface area contributed by atoms with E-state index in [1.807, 2.05) is 0 Å². The van der Waals surface area contributed by atoms with E-state index in [1.165, 1.54) is 12.1 Å². The Balaban J connectivity index is 1.66. The van der Waals surface area contributed by atoms with E-state index in [4.69, 9.17) is 0 Å². The molecular weight excluding hydrogens is 423 g/mol. The Bertz CT molecular complexity index is 1070. The number of aromatic nitrogens is 1. The SMILES string of the molecule is Cc1nc(C2CCCN2C(=O)CNS(C)(=O)=O)ccc1C(=O)NCc1ccc(F)cc1. The van der Waals surface area contributed by atoms with Crippen LogP contribution in [0.25, 0.3) is 0 Å². The van der Waals surface area contributed by atoms with Crippen LogP contribution < -0.4 is 10.0 Å². The van der Waals surface area contributed by atoms with Gasteiger partial charge in [-0.1, -0.05) is 12.1 Å². The smallest absolute Gasteiger partial charge is 0.253 e. The molecule has 1 atom stereocenters. The summed E-state index contributed by atoms with van der Waals surface area (Å²) in [5.41, 5.74) is 2.39. The summed E-state index contributed by atoms with van der Waals surface area (Å²) < 4.78 is 37.7. The zero-order valence-corrected chi connectivity index (χ0v) is 18.2. The molecule has 31 heavy (non-hydrogen) atoms. The fraction of sp³-hybridized carbons (Fsp3) is 0.381. The minimum Gasteiger partial charge on any atom is -0.348 e. The van der Waals surface area contributed by atoms with Crippen LogP contribution in [0.1, 0.15) is 46.2 Å². The Labute approximate surface area is 180 Å². The molecule has 2 heterocycles. The zero-order valence-electron chi connectivity index (χ0n) is 17.4. The lowest BCUT2D eigenvalue weighted by Gasteiger charge is -2.25. The zero-order chi connectivity index (χ0) is 22.6. The number of amides is 2. The summed E-state index contributed by atoms with van der Waals surface area (Å²) in [5.74, 6) is -0.941. The van der Waals surface area contributed by atoms with Crippen molar-refractivity contribution in [2.45, 2.75) is 32.4 Å². The first-order chi connectivity index (χ1) is 14.6. The van der Waals surface area contributed by atoms with Crippen LogP contribution in [0.2, 0.25) is 0 Å². The summed E-state index contributed by atoms with van der Waals surface area (Å²) in [4.78, 5) is 31.2. The van der Waals surface area contributed by atoms with Crippen molar-refractivity contribution in [2.24, 2.45) is 0 Å². The first-order valence-corrected chi connectivity index (χ1v) is 11.8. The Morgan fingerprint density at radius 2 is 1.90 bits per heavy atom. The molecule has 1 aromatic carbocycles. The number of likely N-dealkylation sites (tertiary alicyclic amines) is 1. The van der Waals surface area contributed by atoms with Gasteiger partial charge in [0.25, 0.3) is 5.91 Å². The van der Waals surface area contributed by atoms with Gasteiger partial charge in [-0.2, -0.15) is 0 Å². The van der Waals surface area contributed by atoms with Gasteiger partial charge in [-0.15, -0.1) is 0 Å². The molecule has 0 aliphatic carbocycles. The van der Waals surface area contributed by atoms with Crippen LogP contribution >= 0.6 is 0 Å². The van der Waals surface area contributed by atoms with E-state index < -0.39 is 10.0 Å². The van der Waals surface area contributed by atoms with Crippen molar-refractivity contribution in [3.8, 4) is 0 Å². The van der Waals surface area contributed by atoms with Gasteiger partial charge in [0.1, 0.15) is 5.82 Å². The maximum atomic E-state index is 13.0. The Morgan fingerprint density at radius 1 is 1.19 bits per heavy atom. The highest BCUT2D eigenvalue weighted by atomic mass is 32.2. The minimum absolute atomic E-state index is 0.260. The normalized spacial score (nSPS) is 16.4. The van der Waals surface area contributed by atoms with Gasteiger partial charge < -0.3 is 10.2 Å². The van der Waals surface area contributed by atoms with Crippen LogP contribution in [-0.4, -0.2) is 49.5 Å². The lowest BCUT2D eigenvalue weighted by Crippen LogP contribution is -2.39. The van der Waals surface area contributed by atoms with Crippen molar-refractivity contribution in [3.05, 3.63) is 64.7 Å². The molecule has 166 valence electrons. The third-order valence-corrected chi connectivity index (χ3v) is 5.79. The predicted molar refractivity (Wildman–Crippen MR) is 113 cm³/mol. The lowest BCUT2D eigenvalue weighted by molar-refractivity contribution is -0.130. The molecule has 2 N–H and O–H groups in total. The maximum Gasteiger partial charge on any atom is 0.253 e. The van der Waals surface area contributed by atoms with Gasteiger partial charge in [0.2, 0.25) is 15.9 Å². The molecule has 2 amide bonds. The second kappa shape index (κ2) is 9.52. The summed E-state index contributed by atoms with van der Waals surface area (Å²) >= 11 is 0. The largest absolute Gasteiger partial charge is 0.348 e. The fourth-order valence-corrected chi connectivity index (χ4v) is 3.94. The van der Waals surface area contributed by atoms with Crippen LogP contribution in [0.5, 0.6) is 0 Å². The van der Waals surface area contributed by atoms with E-state index in [0.717, 1.165) is 18.2 Å². The van der Waals surface area contributed by atoms with Crippen LogP contribution in [0.15, 0.2) is 36.4 Å². The lowest BCUT2D eigenvalue weighted by atomic mass is 10.1. The van der Waals surface area contributed by atoms with Crippen molar-refractivity contribution >= 4 is 21.8 Å². The first kappa shape index (κ1) is 22.8. The summed E-state index contributed by atoms with van der Waals surface area (Å²) in [6.07, 6.45) is 2.51. The van der Waals surface area contributed by atoms with E-state index in [0.29, 0.717) is 29.9 Å². The molecule has 1 aliphatic rings. The highest BCUT2D eigenvalue weighted by Crippen LogP contribution is 2.31. The average Bonchev–Trinajstić information content (AvgIpc) is 3.21. The molecule has 1 aliphatic heterocycles. The number of hydrogen-bond donors (Lipinski definition) is 2. The summed E-state index contributed by atoms with van der Waals surface area (Å²) in [7, 11) is -3.46. The molecule has 1 fully saturated rings. The monoisotopic (exact) mass is 448 g/mol. The first-order valence-electron chi connectivity index (χ1n) is 9.88. The van der Waals surface area contributed by atoms with Crippen molar-refractivity contribution in [1.82, 2.24) is 19.9 Å². The standard InChI is InChI=1S/C21H25FN4O4S/c1-14-17(21(28)23-12-15-5-7-16(22)8-6-15)9-10-18(25-14)19-4-3-11-26(19)20(27)13-24-31(2,29)30/h5-10,19,24H,3-4,11-13H2,1-2H3,(H,23,28). The van der Waals surface area contributed by atoms with Gasteiger partial charge in [-0.25, -0.2) is 17.5 Å². The van der Waals surface area contributed by atoms with Gasteiger partial charge in [-0.3, -0.25) is 14.6 Å². The van der Waals surface area contributed by atoms with Crippen LogP contribution in [-0.2, 0) is 21.4 Å². The van der Waals surface area contributed by atoms with Gasteiger partial charge in [0.05, 0.1) is 35.8 Å². The van der Waals surface area contributed by atoms with E-state index in [-0.39, 0.29) is 36.8 Å². The number of nitrogens with one attached hydrogen (secondary N) is 2. The number of hydrogen-bond acceptors (Lipinski definition) is 5. The molecule has 0 bridgehead atoms. The van der Waals surface area contributed by atoms with Crippen LogP contribution in [0.4, 0.5) is 4.39 Å². The van der Waals surface area contributed by atoms with Crippen molar-refractivity contribution in [3.63, 3.8) is 0 Å². The predicted octanol–water partition coefficient (Wildman–Crippen LogP) is 1.67. The van der Waals surface area contributed by atoms with E-state index in [9.17, 15) is 22.4 Å². The number of pyridine rings is 1. The molecule has 1 aromatic heterocycles. The second-order valence-electron chi connectivity index (χ2n) is 7.52. The highest BCUT2D eigenvalue weighted by Gasteiger charge is 2.31. The Hall–Kier alpha value is -2.85. The van der Waals surface area contributed by atoms with Crippen molar-refractivity contribution < 1.29 is 22.4 Å². The number of nitrogens with zero attached hydrogens (tertiary/aromatic N) is 2. The van der Waals surface area contributed by atoms with E-state index >= 15 is 0 Å². The fourth-order valence-electron chi connectivity index (χ4n) is 3.55. The number of sulfonamides is 1. The van der Waals surface area contributed by atoms with Crippen molar-refractivity contribution in [1.29, 1.82) is 0 Å². The number of rotatable bonds is 7. The second-order valence-corrected chi connectivity index (χ2v) is 9.35. The van der Waals surface area contributed by atoms with E-state index in [1.54, 1.807) is 36.1 Å². The third-order valence-electron chi connectivity index (χ3n) is 5.12. The molecule has 0 saturated carbocycles. The van der Waals surface area contributed by atoms with Gasteiger partial charge in [0.15, 0.2) is 0 Å². The maximum absolute atomic E-state index is 13.0. The summed E-state index contributed by atoms with van der Waals surface area (Å²) in [6, 6.07) is 9.02. The van der Waals surface area contributed by atoms with Gasteiger partial charge in [-0.05, 0) is 49.6 Å². The van der Waals surface area contributed by atoms with Gasteiger partial charge >= 0.3 is 0 Å². The third kappa shape index (κ3) is 6.08. The minimum atomic E-state index is -3.46. The quantitative estimate of drug-likeness (QED) is 0.670. The molecule has 10 heteroatoms. The Kier molecular flexibility index (Phi) is 7.01.